The molecule has 0 saturated heterocycles. The first-order chi connectivity index (χ1) is 8.58. The maximum Gasteiger partial charge on any atom is 0.255 e. The molecule has 1 aromatic rings. The summed E-state index contributed by atoms with van der Waals surface area (Å²) in [6, 6.07) is 5.16. The molecule has 1 N–H and O–H groups in total. The third-order valence-electron chi connectivity index (χ3n) is 2.48. The van der Waals surface area contributed by atoms with Gasteiger partial charge in [-0.2, -0.15) is 0 Å². The SMILES string of the molecule is COc1ccc(OC)c(C(=O)NCCC(C)Br)c1. The van der Waals surface area contributed by atoms with Crippen LogP contribution in [0, 0.1) is 0 Å². The molecule has 0 bridgehead atoms. The molecule has 1 amide bonds. The highest BCUT2D eigenvalue weighted by atomic mass is 79.9. The van der Waals surface area contributed by atoms with Crippen molar-refractivity contribution in [3.63, 3.8) is 0 Å². The van der Waals surface area contributed by atoms with Crippen molar-refractivity contribution in [1.29, 1.82) is 0 Å². The number of rotatable bonds is 6. The third kappa shape index (κ3) is 4.22. The summed E-state index contributed by atoms with van der Waals surface area (Å²) in [5.41, 5.74) is 0.485. The van der Waals surface area contributed by atoms with E-state index in [-0.39, 0.29) is 5.91 Å². The fraction of sp³-hybridized carbons (Fsp3) is 0.462. The number of alkyl halides is 1. The molecule has 0 aromatic heterocycles. The van der Waals surface area contributed by atoms with Crippen LogP contribution >= 0.6 is 15.9 Å². The lowest BCUT2D eigenvalue weighted by atomic mass is 10.1. The van der Waals surface area contributed by atoms with Crippen LogP contribution in [-0.2, 0) is 0 Å². The molecule has 0 radical (unpaired) electrons. The van der Waals surface area contributed by atoms with Gasteiger partial charge in [-0.05, 0) is 24.6 Å². The monoisotopic (exact) mass is 315 g/mol. The zero-order valence-corrected chi connectivity index (χ0v) is 12.4. The van der Waals surface area contributed by atoms with Gasteiger partial charge in [0.2, 0.25) is 0 Å². The normalized spacial score (nSPS) is 11.8. The smallest absolute Gasteiger partial charge is 0.255 e. The van der Waals surface area contributed by atoms with Crippen molar-refractivity contribution in [2.45, 2.75) is 18.2 Å². The molecule has 100 valence electrons. The minimum Gasteiger partial charge on any atom is -0.497 e. The molecule has 18 heavy (non-hydrogen) atoms. The van der Waals surface area contributed by atoms with Gasteiger partial charge in [0.15, 0.2) is 0 Å². The topological polar surface area (TPSA) is 47.6 Å². The average Bonchev–Trinajstić information content (AvgIpc) is 2.37. The average molecular weight is 316 g/mol. The molecule has 4 nitrogen and oxygen atoms in total. The highest BCUT2D eigenvalue weighted by molar-refractivity contribution is 9.09. The second-order valence-corrected chi connectivity index (χ2v) is 5.45. The molecule has 0 spiro atoms. The molecule has 1 aromatic carbocycles. The Labute approximate surface area is 116 Å². The number of carbonyl (C=O) groups excluding carboxylic acids is 1. The lowest BCUT2D eigenvalue weighted by molar-refractivity contribution is 0.0950. The molecule has 0 fully saturated rings. The molecular formula is C13H18BrNO3. The van der Waals surface area contributed by atoms with Crippen LogP contribution in [0.2, 0.25) is 0 Å². The molecule has 0 aliphatic heterocycles. The highest BCUT2D eigenvalue weighted by Gasteiger charge is 2.13. The number of hydrogen-bond acceptors (Lipinski definition) is 3. The van der Waals surface area contributed by atoms with Crippen LogP contribution in [0.5, 0.6) is 11.5 Å². The molecule has 1 rings (SSSR count). The lowest BCUT2D eigenvalue weighted by Gasteiger charge is -2.11. The quantitative estimate of drug-likeness (QED) is 0.821. The molecule has 0 heterocycles. The summed E-state index contributed by atoms with van der Waals surface area (Å²) >= 11 is 3.44. The van der Waals surface area contributed by atoms with Crippen molar-refractivity contribution in [2.24, 2.45) is 0 Å². The van der Waals surface area contributed by atoms with E-state index in [4.69, 9.17) is 9.47 Å². The Kier molecular flexibility index (Phi) is 5.98. The summed E-state index contributed by atoms with van der Waals surface area (Å²) < 4.78 is 10.3. The third-order valence-corrected chi connectivity index (χ3v) is 2.94. The number of hydrogen-bond donors (Lipinski definition) is 1. The van der Waals surface area contributed by atoms with Crippen LogP contribution in [0.25, 0.3) is 0 Å². The predicted octanol–water partition coefficient (Wildman–Crippen LogP) is 2.61. The largest absolute Gasteiger partial charge is 0.497 e. The van der Waals surface area contributed by atoms with Gasteiger partial charge in [-0.1, -0.05) is 22.9 Å². The first-order valence-electron chi connectivity index (χ1n) is 5.72. The van der Waals surface area contributed by atoms with Crippen LogP contribution in [0.3, 0.4) is 0 Å². The Bertz CT molecular complexity index is 407. The van der Waals surface area contributed by atoms with Gasteiger partial charge >= 0.3 is 0 Å². The lowest BCUT2D eigenvalue weighted by Crippen LogP contribution is -2.26. The standard InChI is InChI=1S/C13H18BrNO3/c1-9(14)6-7-15-13(16)11-8-10(17-2)4-5-12(11)18-3/h4-5,8-9H,6-7H2,1-3H3,(H,15,16). The number of ether oxygens (including phenoxy) is 2. The summed E-state index contributed by atoms with van der Waals surface area (Å²) in [6.07, 6.45) is 0.873. The molecule has 0 aliphatic carbocycles. The van der Waals surface area contributed by atoms with E-state index in [1.165, 1.54) is 0 Å². The maximum atomic E-state index is 12.0. The minimum absolute atomic E-state index is 0.154. The van der Waals surface area contributed by atoms with Crippen LogP contribution in [0.4, 0.5) is 0 Å². The molecule has 0 aliphatic rings. The van der Waals surface area contributed by atoms with E-state index in [1.807, 2.05) is 6.92 Å². The fourth-order valence-electron chi connectivity index (χ4n) is 1.47. The van der Waals surface area contributed by atoms with Crippen molar-refractivity contribution in [3.8, 4) is 11.5 Å². The molecule has 1 unspecified atom stereocenters. The second kappa shape index (κ2) is 7.26. The number of carbonyl (C=O) groups is 1. The second-order valence-electron chi connectivity index (χ2n) is 3.89. The van der Waals surface area contributed by atoms with Crippen molar-refractivity contribution in [2.75, 3.05) is 20.8 Å². The fourth-order valence-corrected chi connectivity index (χ4v) is 1.70. The zero-order chi connectivity index (χ0) is 13.5. The Morgan fingerprint density at radius 1 is 1.39 bits per heavy atom. The van der Waals surface area contributed by atoms with Gasteiger partial charge in [0.05, 0.1) is 19.8 Å². The number of methoxy groups -OCH3 is 2. The molecule has 5 heteroatoms. The van der Waals surface area contributed by atoms with Gasteiger partial charge < -0.3 is 14.8 Å². The van der Waals surface area contributed by atoms with Crippen LogP contribution in [-0.4, -0.2) is 31.5 Å². The van der Waals surface area contributed by atoms with E-state index in [0.29, 0.717) is 28.4 Å². The first kappa shape index (κ1) is 14.8. The summed E-state index contributed by atoms with van der Waals surface area (Å²) in [4.78, 5) is 12.4. The Morgan fingerprint density at radius 3 is 2.67 bits per heavy atom. The maximum absolute atomic E-state index is 12.0. The van der Waals surface area contributed by atoms with Crippen molar-refractivity contribution in [1.82, 2.24) is 5.32 Å². The summed E-state index contributed by atoms with van der Waals surface area (Å²) in [6.45, 7) is 2.66. The van der Waals surface area contributed by atoms with E-state index in [2.05, 4.69) is 21.2 Å². The first-order valence-corrected chi connectivity index (χ1v) is 6.64. The zero-order valence-electron chi connectivity index (χ0n) is 10.8. The van der Waals surface area contributed by atoms with Crippen molar-refractivity contribution >= 4 is 21.8 Å². The summed E-state index contributed by atoms with van der Waals surface area (Å²) in [5.74, 6) is 1.02. The Morgan fingerprint density at radius 2 is 2.11 bits per heavy atom. The number of amides is 1. The van der Waals surface area contributed by atoms with E-state index < -0.39 is 0 Å². The van der Waals surface area contributed by atoms with Crippen LogP contribution in [0.15, 0.2) is 18.2 Å². The van der Waals surface area contributed by atoms with E-state index in [1.54, 1.807) is 32.4 Å². The van der Waals surface area contributed by atoms with Gasteiger partial charge in [0.1, 0.15) is 11.5 Å². The summed E-state index contributed by atoms with van der Waals surface area (Å²) in [5, 5.41) is 2.85. The highest BCUT2D eigenvalue weighted by Crippen LogP contribution is 2.23. The van der Waals surface area contributed by atoms with E-state index in [9.17, 15) is 4.79 Å². The van der Waals surface area contributed by atoms with E-state index >= 15 is 0 Å². The van der Waals surface area contributed by atoms with Gasteiger partial charge in [-0.3, -0.25) is 4.79 Å². The Balaban J connectivity index is 2.76. The van der Waals surface area contributed by atoms with Gasteiger partial charge in [-0.15, -0.1) is 0 Å². The Hall–Kier alpha value is -1.23. The van der Waals surface area contributed by atoms with Gasteiger partial charge in [0, 0.05) is 11.4 Å². The minimum atomic E-state index is -0.154. The summed E-state index contributed by atoms with van der Waals surface area (Å²) in [7, 11) is 3.11. The molecule has 1 atom stereocenters. The van der Waals surface area contributed by atoms with Crippen LogP contribution in [0.1, 0.15) is 23.7 Å². The molecular weight excluding hydrogens is 298 g/mol. The van der Waals surface area contributed by atoms with Crippen LogP contribution < -0.4 is 14.8 Å². The predicted molar refractivity (Wildman–Crippen MR) is 74.9 cm³/mol. The molecule has 0 saturated carbocycles. The number of halogens is 1. The van der Waals surface area contributed by atoms with Crippen molar-refractivity contribution < 1.29 is 14.3 Å². The number of nitrogens with one attached hydrogen (secondary N) is 1. The van der Waals surface area contributed by atoms with Crippen molar-refractivity contribution in [3.05, 3.63) is 23.8 Å². The number of benzene rings is 1. The van der Waals surface area contributed by atoms with E-state index in [0.717, 1.165) is 6.42 Å². The van der Waals surface area contributed by atoms with Gasteiger partial charge in [0.25, 0.3) is 5.91 Å². The van der Waals surface area contributed by atoms with Gasteiger partial charge in [-0.25, -0.2) is 0 Å².